The van der Waals surface area contributed by atoms with E-state index in [1.54, 1.807) is 0 Å². The standard InChI is InChI=1S/C10H12N2O/c13-6-5-12-4-2-9-1-3-11-7-10(9)8-12/h1,3,6-7H,2,4-5,8H2. The highest BCUT2D eigenvalue weighted by atomic mass is 16.1. The van der Waals surface area contributed by atoms with Gasteiger partial charge in [-0.15, -0.1) is 0 Å². The molecule has 1 aliphatic rings. The lowest BCUT2D eigenvalue weighted by Crippen LogP contribution is -2.31. The van der Waals surface area contributed by atoms with E-state index in [0.29, 0.717) is 6.54 Å². The zero-order valence-corrected chi connectivity index (χ0v) is 7.44. The fraction of sp³-hybridized carbons (Fsp3) is 0.400. The number of hydrogen-bond acceptors (Lipinski definition) is 3. The molecule has 1 aromatic rings. The van der Waals surface area contributed by atoms with Gasteiger partial charge in [0, 0.05) is 25.5 Å². The summed E-state index contributed by atoms with van der Waals surface area (Å²) in [6, 6.07) is 2.06. The predicted octanol–water partition coefficient (Wildman–Crippen LogP) is 0.639. The first-order valence-corrected chi connectivity index (χ1v) is 4.48. The second kappa shape index (κ2) is 3.66. The van der Waals surface area contributed by atoms with Gasteiger partial charge in [-0.05, 0) is 23.6 Å². The van der Waals surface area contributed by atoms with E-state index in [0.717, 1.165) is 25.8 Å². The van der Waals surface area contributed by atoms with E-state index in [4.69, 9.17) is 0 Å². The van der Waals surface area contributed by atoms with Crippen molar-refractivity contribution in [2.24, 2.45) is 0 Å². The van der Waals surface area contributed by atoms with Crippen LogP contribution in [-0.4, -0.2) is 29.3 Å². The Balaban J connectivity index is 2.15. The summed E-state index contributed by atoms with van der Waals surface area (Å²) in [4.78, 5) is 16.5. The van der Waals surface area contributed by atoms with Crippen LogP contribution in [0.25, 0.3) is 0 Å². The van der Waals surface area contributed by atoms with Crippen molar-refractivity contribution in [3.8, 4) is 0 Å². The van der Waals surface area contributed by atoms with Crippen LogP contribution in [0.2, 0.25) is 0 Å². The number of pyridine rings is 1. The number of carbonyl (C=O) groups excluding carboxylic acids is 1. The zero-order chi connectivity index (χ0) is 9.10. The van der Waals surface area contributed by atoms with Crippen LogP contribution < -0.4 is 0 Å². The van der Waals surface area contributed by atoms with E-state index in [2.05, 4.69) is 16.0 Å². The van der Waals surface area contributed by atoms with Gasteiger partial charge in [-0.25, -0.2) is 0 Å². The van der Waals surface area contributed by atoms with Gasteiger partial charge in [-0.1, -0.05) is 0 Å². The van der Waals surface area contributed by atoms with Gasteiger partial charge < -0.3 is 4.79 Å². The Morgan fingerprint density at radius 2 is 2.46 bits per heavy atom. The molecule has 1 aliphatic heterocycles. The molecule has 0 unspecified atom stereocenters. The molecule has 0 aliphatic carbocycles. The SMILES string of the molecule is O=CCN1CCc2ccncc2C1. The van der Waals surface area contributed by atoms with Crippen molar-refractivity contribution in [3.05, 3.63) is 29.6 Å². The van der Waals surface area contributed by atoms with Crippen molar-refractivity contribution in [3.63, 3.8) is 0 Å². The van der Waals surface area contributed by atoms with Crippen LogP contribution in [-0.2, 0) is 17.8 Å². The summed E-state index contributed by atoms with van der Waals surface area (Å²) in [5.41, 5.74) is 2.63. The van der Waals surface area contributed by atoms with Gasteiger partial charge in [-0.2, -0.15) is 0 Å². The van der Waals surface area contributed by atoms with Gasteiger partial charge >= 0.3 is 0 Å². The Morgan fingerprint density at radius 1 is 1.54 bits per heavy atom. The fourth-order valence-electron chi connectivity index (χ4n) is 1.70. The molecule has 3 nitrogen and oxygen atoms in total. The molecule has 2 rings (SSSR count). The van der Waals surface area contributed by atoms with Crippen molar-refractivity contribution in [2.75, 3.05) is 13.1 Å². The first-order valence-electron chi connectivity index (χ1n) is 4.48. The average Bonchev–Trinajstić information content (AvgIpc) is 2.18. The van der Waals surface area contributed by atoms with Crippen LogP contribution in [0.3, 0.4) is 0 Å². The first kappa shape index (κ1) is 8.38. The summed E-state index contributed by atoms with van der Waals surface area (Å²) in [7, 11) is 0. The molecular formula is C10H12N2O. The maximum absolute atomic E-state index is 10.3. The van der Waals surface area contributed by atoms with Gasteiger partial charge in [0.1, 0.15) is 6.29 Å². The van der Waals surface area contributed by atoms with Crippen molar-refractivity contribution in [1.82, 2.24) is 9.88 Å². The van der Waals surface area contributed by atoms with E-state index in [-0.39, 0.29) is 0 Å². The molecule has 0 bridgehead atoms. The smallest absolute Gasteiger partial charge is 0.133 e. The molecule has 3 heteroatoms. The number of hydrogen-bond donors (Lipinski definition) is 0. The minimum absolute atomic E-state index is 0.536. The van der Waals surface area contributed by atoms with E-state index in [9.17, 15) is 4.79 Å². The summed E-state index contributed by atoms with van der Waals surface area (Å²) >= 11 is 0. The molecule has 0 N–H and O–H groups in total. The molecule has 68 valence electrons. The Kier molecular flexibility index (Phi) is 2.36. The second-order valence-corrected chi connectivity index (χ2v) is 3.30. The van der Waals surface area contributed by atoms with E-state index >= 15 is 0 Å². The highest BCUT2D eigenvalue weighted by Gasteiger charge is 2.14. The minimum Gasteiger partial charge on any atom is -0.302 e. The summed E-state index contributed by atoms with van der Waals surface area (Å²) in [6.07, 6.45) is 5.72. The number of aromatic nitrogens is 1. The molecule has 2 heterocycles. The van der Waals surface area contributed by atoms with Crippen LogP contribution >= 0.6 is 0 Å². The molecule has 13 heavy (non-hydrogen) atoms. The fourth-order valence-corrected chi connectivity index (χ4v) is 1.70. The summed E-state index contributed by atoms with van der Waals surface area (Å²) < 4.78 is 0. The highest BCUT2D eigenvalue weighted by Crippen LogP contribution is 2.16. The van der Waals surface area contributed by atoms with E-state index in [1.165, 1.54) is 11.1 Å². The Bertz CT molecular complexity index is 312. The lowest BCUT2D eigenvalue weighted by Gasteiger charge is -2.26. The first-order chi connectivity index (χ1) is 6.40. The van der Waals surface area contributed by atoms with Crippen molar-refractivity contribution in [1.29, 1.82) is 0 Å². The molecule has 0 spiro atoms. The largest absolute Gasteiger partial charge is 0.302 e. The third-order valence-electron chi connectivity index (χ3n) is 2.43. The Labute approximate surface area is 77.4 Å². The lowest BCUT2D eigenvalue weighted by atomic mass is 10.0. The number of nitrogens with zero attached hydrogens (tertiary/aromatic N) is 2. The van der Waals surface area contributed by atoms with Crippen LogP contribution in [0.1, 0.15) is 11.1 Å². The van der Waals surface area contributed by atoms with Gasteiger partial charge in [0.25, 0.3) is 0 Å². The number of carbonyl (C=O) groups is 1. The van der Waals surface area contributed by atoms with Crippen LogP contribution in [0.4, 0.5) is 0 Å². The third-order valence-corrected chi connectivity index (χ3v) is 2.43. The molecule has 0 atom stereocenters. The molecular weight excluding hydrogens is 164 g/mol. The predicted molar refractivity (Wildman–Crippen MR) is 49.3 cm³/mol. The van der Waals surface area contributed by atoms with Gasteiger partial charge in [-0.3, -0.25) is 9.88 Å². The monoisotopic (exact) mass is 176 g/mol. The summed E-state index contributed by atoms with van der Waals surface area (Å²) in [6.45, 7) is 2.38. The number of rotatable bonds is 2. The molecule has 0 aromatic carbocycles. The zero-order valence-electron chi connectivity index (χ0n) is 7.44. The quantitative estimate of drug-likeness (QED) is 0.620. The maximum atomic E-state index is 10.3. The minimum atomic E-state index is 0.536. The average molecular weight is 176 g/mol. The number of aldehydes is 1. The summed E-state index contributed by atoms with van der Waals surface area (Å²) in [5, 5.41) is 0. The molecule has 0 saturated carbocycles. The maximum Gasteiger partial charge on any atom is 0.133 e. The Hall–Kier alpha value is -1.22. The molecule has 0 amide bonds. The van der Waals surface area contributed by atoms with Gasteiger partial charge in [0.15, 0.2) is 0 Å². The molecule has 0 radical (unpaired) electrons. The highest BCUT2D eigenvalue weighted by molar-refractivity contribution is 5.52. The lowest BCUT2D eigenvalue weighted by molar-refractivity contribution is -0.109. The van der Waals surface area contributed by atoms with E-state index < -0.39 is 0 Å². The normalized spacial score (nSPS) is 16.6. The van der Waals surface area contributed by atoms with Crippen LogP contribution in [0, 0.1) is 0 Å². The van der Waals surface area contributed by atoms with Crippen LogP contribution in [0.15, 0.2) is 18.5 Å². The Morgan fingerprint density at radius 3 is 3.31 bits per heavy atom. The molecule has 1 aromatic heterocycles. The van der Waals surface area contributed by atoms with Crippen molar-refractivity contribution < 1.29 is 4.79 Å². The van der Waals surface area contributed by atoms with Crippen molar-refractivity contribution in [2.45, 2.75) is 13.0 Å². The number of fused-ring (bicyclic) bond motifs is 1. The molecule has 0 fully saturated rings. The topological polar surface area (TPSA) is 33.2 Å². The van der Waals surface area contributed by atoms with Gasteiger partial charge in [0.2, 0.25) is 0 Å². The summed E-state index contributed by atoms with van der Waals surface area (Å²) in [5.74, 6) is 0. The third kappa shape index (κ3) is 1.75. The van der Waals surface area contributed by atoms with E-state index in [1.807, 2.05) is 12.4 Å². The van der Waals surface area contributed by atoms with Crippen LogP contribution in [0.5, 0.6) is 0 Å². The van der Waals surface area contributed by atoms with Gasteiger partial charge in [0.05, 0.1) is 6.54 Å². The van der Waals surface area contributed by atoms with Crippen molar-refractivity contribution >= 4 is 6.29 Å². The second-order valence-electron chi connectivity index (χ2n) is 3.30. The molecule has 0 saturated heterocycles.